The van der Waals surface area contributed by atoms with E-state index >= 15 is 0 Å². The van der Waals surface area contributed by atoms with Crippen molar-refractivity contribution in [1.82, 2.24) is 20.1 Å². The van der Waals surface area contributed by atoms with Crippen LogP contribution >= 0.6 is 11.8 Å². The molecule has 0 bridgehead atoms. The maximum Gasteiger partial charge on any atom is 0.233 e. The Bertz CT molecular complexity index is 435. The summed E-state index contributed by atoms with van der Waals surface area (Å²) in [6.07, 6.45) is 6.70. The lowest BCUT2D eigenvalue weighted by atomic mass is 10.1. The SMILES string of the molecule is CCCC[C@@H]1CCCN1C(=O)CSc1n[nH]c(CC)n1. The zero-order valence-electron chi connectivity index (χ0n) is 12.4. The Morgan fingerprint density at radius 3 is 3.05 bits per heavy atom. The van der Waals surface area contributed by atoms with Crippen LogP contribution in [0.5, 0.6) is 0 Å². The summed E-state index contributed by atoms with van der Waals surface area (Å²) in [5.74, 6) is 1.56. The highest BCUT2D eigenvalue weighted by atomic mass is 32.2. The summed E-state index contributed by atoms with van der Waals surface area (Å²) in [5.41, 5.74) is 0. The molecular weight excluding hydrogens is 272 g/mol. The number of amides is 1. The maximum atomic E-state index is 12.3. The predicted molar refractivity (Wildman–Crippen MR) is 80.7 cm³/mol. The number of unbranched alkanes of at least 4 members (excludes halogenated alkanes) is 1. The van der Waals surface area contributed by atoms with Crippen molar-refractivity contribution in [2.45, 2.75) is 63.6 Å². The standard InChI is InChI=1S/C14H24N4OS/c1-3-5-7-11-8-6-9-18(11)13(19)10-20-14-15-12(4-2)16-17-14/h11H,3-10H2,1-2H3,(H,15,16,17)/t11-/m1/s1. The molecule has 0 spiro atoms. The van der Waals surface area contributed by atoms with Crippen molar-refractivity contribution in [1.29, 1.82) is 0 Å². The Balaban J connectivity index is 1.81. The molecule has 1 aliphatic heterocycles. The fraction of sp³-hybridized carbons (Fsp3) is 0.786. The number of rotatable bonds is 7. The Kier molecular flexibility index (Phi) is 5.88. The first-order chi connectivity index (χ1) is 9.74. The quantitative estimate of drug-likeness (QED) is 0.786. The van der Waals surface area contributed by atoms with Gasteiger partial charge in [-0.15, -0.1) is 5.10 Å². The van der Waals surface area contributed by atoms with Crippen LogP contribution in [0.4, 0.5) is 0 Å². The van der Waals surface area contributed by atoms with Gasteiger partial charge in [0.15, 0.2) is 0 Å². The van der Waals surface area contributed by atoms with Crippen molar-refractivity contribution in [3.63, 3.8) is 0 Å². The van der Waals surface area contributed by atoms with E-state index in [4.69, 9.17) is 0 Å². The molecule has 1 N–H and O–H groups in total. The van der Waals surface area contributed by atoms with E-state index < -0.39 is 0 Å². The average molecular weight is 296 g/mol. The Morgan fingerprint density at radius 1 is 1.50 bits per heavy atom. The smallest absolute Gasteiger partial charge is 0.233 e. The number of aromatic amines is 1. The third kappa shape index (κ3) is 3.98. The van der Waals surface area contributed by atoms with Crippen molar-refractivity contribution in [3.05, 3.63) is 5.82 Å². The van der Waals surface area contributed by atoms with Crippen LogP contribution in [0.1, 0.15) is 51.8 Å². The zero-order valence-corrected chi connectivity index (χ0v) is 13.2. The summed E-state index contributed by atoms with van der Waals surface area (Å²) in [7, 11) is 0. The van der Waals surface area contributed by atoms with Gasteiger partial charge >= 0.3 is 0 Å². The van der Waals surface area contributed by atoms with E-state index in [1.54, 1.807) is 0 Å². The van der Waals surface area contributed by atoms with Gasteiger partial charge in [-0.2, -0.15) is 0 Å². The molecule has 0 aliphatic carbocycles. The lowest BCUT2D eigenvalue weighted by Crippen LogP contribution is -2.36. The van der Waals surface area contributed by atoms with Crippen molar-refractivity contribution >= 4 is 17.7 Å². The first-order valence-corrected chi connectivity index (χ1v) is 8.56. The first-order valence-electron chi connectivity index (χ1n) is 7.58. The van der Waals surface area contributed by atoms with Gasteiger partial charge in [0, 0.05) is 19.0 Å². The van der Waals surface area contributed by atoms with Crippen molar-refractivity contribution in [2.24, 2.45) is 0 Å². The molecule has 1 aromatic heterocycles. The maximum absolute atomic E-state index is 12.3. The van der Waals surface area contributed by atoms with Crippen LogP contribution in [0, 0.1) is 0 Å². The lowest BCUT2D eigenvalue weighted by Gasteiger charge is -2.24. The molecule has 20 heavy (non-hydrogen) atoms. The third-order valence-electron chi connectivity index (χ3n) is 3.76. The van der Waals surface area contributed by atoms with Gasteiger partial charge in [0.2, 0.25) is 11.1 Å². The molecule has 2 rings (SSSR count). The molecule has 0 unspecified atom stereocenters. The summed E-state index contributed by atoms with van der Waals surface area (Å²) in [6.45, 7) is 5.15. The largest absolute Gasteiger partial charge is 0.339 e. The minimum Gasteiger partial charge on any atom is -0.339 e. The summed E-state index contributed by atoms with van der Waals surface area (Å²) < 4.78 is 0. The number of likely N-dealkylation sites (tertiary alicyclic amines) is 1. The number of aryl methyl sites for hydroxylation is 1. The molecular formula is C14H24N4OS. The number of carbonyl (C=O) groups excluding carboxylic acids is 1. The fourth-order valence-electron chi connectivity index (χ4n) is 2.61. The summed E-state index contributed by atoms with van der Waals surface area (Å²) in [5, 5.41) is 7.67. The van der Waals surface area contributed by atoms with Gasteiger partial charge in [0.05, 0.1) is 5.75 Å². The van der Waals surface area contributed by atoms with Crippen molar-refractivity contribution in [3.8, 4) is 0 Å². The molecule has 5 nitrogen and oxygen atoms in total. The Labute approximate surface area is 124 Å². The molecule has 1 amide bonds. The van der Waals surface area contributed by atoms with Crippen molar-refractivity contribution in [2.75, 3.05) is 12.3 Å². The van der Waals surface area contributed by atoms with Crippen molar-refractivity contribution < 1.29 is 4.79 Å². The number of hydrogen-bond donors (Lipinski definition) is 1. The summed E-state index contributed by atoms with van der Waals surface area (Å²) in [4.78, 5) is 18.7. The average Bonchev–Trinajstić information content (AvgIpc) is 3.11. The number of carbonyl (C=O) groups is 1. The first kappa shape index (κ1) is 15.4. The summed E-state index contributed by atoms with van der Waals surface area (Å²) in [6, 6.07) is 0.460. The number of hydrogen-bond acceptors (Lipinski definition) is 4. The fourth-order valence-corrected chi connectivity index (χ4v) is 3.32. The van der Waals surface area contributed by atoms with Gasteiger partial charge < -0.3 is 4.90 Å². The second kappa shape index (κ2) is 7.67. The number of nitrogens with zero attached hydrogens (tertiary/aromatic N) is 3. The second-order valence-electron chi connectivity index (χ2n) is 5.23. The highest BCUT2D eigenvalue weighted by Gasteiger charge is 2.28. The van der Waals surface area contributed by atoms with E-state index in [-0.39, 0.29) is 5.91 Å². The minimum absolute atomic E-state index is 0.233. The van der Waals surface area contributed by atoms with Crippen LogP contribution in [0.15, 0.2) is 5.16 Å². The molecule has 6 heteroatoms. The van der Waals surface area contributed by atoms with Gasteiger partial charge in [-0.3, -0.25) is 9.89 Å². The van der Waals surface area contributed by atoms with Crippen LogP contribution < -0.4 is 0 Å². The molecule has 1 aromatic rings. The molecule has 112 valence electrons. The van der Waals surface area contributed by atoms with E-state index in [9.17, 15) is 4.79 Å². The molecule has 0 saturated carbocycles. The third-order valence-corrected chi connectivity index (χ3v) is 4.59. The number of H-pyrrole nitrogens is 1. The predicted octanol–water partition coefficient (Wildman–Crippen LogP) is 2.64. The molecule has 1 atom stereocenters. The monoisotopic (exact) mass is 296 g/mol. The van der Waals surface area contributed by atoms with E-state index in [0.717, 1.165) is 38.1 Å². The van der Waals surface area contributed by atoms with Crippen LogP contribution in [0.2, 0.25) is 0 Å². The molecule has 0 aromatic carbocycles. The van der Waals surface area contributed by atoms with Crippen LogP contribution in [0.25, 0.3) is 0 Å². The molecule has 1 aliphatic rings. The Hall–Kier alpha value is -1.04. The molecule has 2 heterocycles. The van der Waals surface area contributed by atoms with E-state index in [1.165, 1.54) is 24.6 Å². The summed E-state index contributed by atoms with van der Waals surface area (Å²) >= 11 is 1.43. The van der Waals surface area contributed by atoms with E-state index in [2.05, 4.69) is 27.0 Å². The highest BCUT2D eigenvalue weighted by molar-refractivity contribution is 7.99. The van der Waals surface area contributed by atoms with E-state index in [0.29, 0.717) is 17.0 Å². The van der Waals surface area contributed by atoms with Gasteiger partial charge in [-0.1, -0.05) is 38.5 Å². The van der Waals surface area contributed by atoms with E-state index in [1.807, 2.05) is 6.92 Å². The normalized spacial score (nSPS) is 18.7. The Morgan fingerprint density at radius 2 is 2.35 bits per heavy atom. The number of thioether (sulfide) groups is 1. The second-order valence-corrected chi connectivity index (χ2v) is 6.17. The van der Waals surface area contributed by atoms with Gasteiger partial charge in [0.1, 0.15) is 5.82 Å². The molecule has 1 fully saturated rings. The van der Waals surface area contributed by atoms with Gasteiger partial charge in [-0.05, 0) is 19.3 Å². The molecule has 1 saturated heterocycles. The minimum atomic E-state index is 0.233. The lowest BCUT2D eigenvalue weighted by molar-refractivity contribution is -0.129. The van der Waals surface area contributed by atoms with Gasteiger partial charge in [0.25, 0.3) is 0 Å². The zero-order chi connectivity index (χ0) is 14.4. The topological polar surface area (TPSA) is 61.9 Å². The van der Waals surface area contributed by atoms with Crippen LogP contribution in [-0.2, 0) is 11.2 Å². The van der Waals surface area contributed by atoms with Crippen LogP contribution in [-0.4, -0.2) is 44.3 Å². The molecule has 0 radical (unpaired) electrons. The van der Waals surface area contributed by atoms with Crippen LogP contribution in [0.3, 0.4) is 0 Å². The number of nitrogens with one attached hydrogen (secondary N) is 1. The van der Waals surface area contributed by atoms with Gasteiger partial charge in [-0.25, -0.2) is 4.98 Å². The highest BCUT2D eigenvalue weighted by Crippen LogP contribution is 2.24. The number of aromatic nitrogens is 3.